The summed E-state index contributed by atoms with van der Waals surface area (Å²) in [6.07, 6.45) is 1.54. The van der Waals surface area contributed by atoms with Gasteiger partial charge in [0.25, 0.3) is 10.0 Å². The Morgan fingerprint density at radius 3 is 2.19 bits per heavy atom. The molecule has 0 fully saturated rings. The summed E-state index contributed by atoms with van der Waals surface area (Å²) in [5, 5.41) is 0. The highest BCUT2D eigenvalue weighted by Crippen LogP contribution is 2.32. The van der Waals surface area contributed by atoms with Gasteiger partial charge in [0.15, 0.2) is 11.5 Å². The monoisotopic (exact) mass is 439 g/mol. The van der Waals surface area contributed by atoms with Crippen molar-refractivity contribution in [2.45, 2.75) is 11.5 Å². The van der Waals surface area contributed by atoms with Gasteiger partial charge in [-0.3, -0.25) is 4.31 Å². The Bertz CT molecular complexity index is 1110. The molecule has 0 N–H and O–H groups in total. The van der Waals surface area contributed by atoms with E-state index in [1.54, 1.807) is 30.3 Å². The maximum absolute atomic E-state index is 13.3. The molecule has 0 aromatic heterocycles. The number of hydrogen-bond acceptors (Lipinski definition) is 5. The minimum atomic E-state index is -3.86. The van der Waals surface area contributed by atoms with Crippen LogP contribution in [0.1, 0.15) is 5.56 Å². The van der Waals surface area contributed by atoms with Crippen LogP contribution in [-0.2, 0) is 16.6 Å². The van der Waals surface area contributed by atoms with Crippen LogP contribution in [0.15, 0.2) is 90.3 Å². The molecule has 3 aromatic carbocycles. The van der Waals surface area contributed by atoms with Gasteiger partial charge in [-0.25, -0.2) is 8.42 Å². The number of nitrogens with zero attached hydrogens (tertiary/aromatic N) is 1. The van der Waals surface area contributed by atoms with Crippen molar-refractivity contribution in [1.29, 1.82) is 0 Å². The molecular weight excluding hydrogens is 414 g/mol. The third-order valence-corrected chi connectivity index (χ3v) is 6.40. The molecule has 0 unspecified atom stereocenters. The second-order valence-corrected chi connectivity index (χ2v) is 8.47. The minimum absolute atomic E-state index is 0.0939. The molecule has 0 aliphatic heterocycles. The number of anilines is 1. The average Bonchev–Trinajstić information content (AvgIpc) is 2.81. The standard InChI is InChI=1S/C24H25NO5S/c1-4-16-25(31(26,27)22-14-15-23(28-2)24(17-22)29-3)20-10-12-21(13-11-20)30-18-19-8-6-5-7-9-19/h4-15,17H,1,16,18H2,2-3H3. The fourth-order valence-electron chi connectivity index (χ4n) is 3.01. The maximum Gasteiger partial charge on any atom is 0.264 e. The van der Waals surface area contributed by atoms with Crippen LogP contribution in [0.25, 0.3) is 0 Å². The second kappa shape index (κ2) is 10.0. The third-order valence-electron chi connectivity index (χ3n) is 4.61. The predicted molar refractivity (Wildman–Crippen MR) is 121 cm³/mol. The van der Waals surface area contributed by atoms with Crippen LogP contribution in [0.5, 0.6) is 17.2 Å². The number of hydrogen-bond donors (Lipinski definition) is 0. The quantitative estimate of drug-likeness (QED) is 0.430. The first-order valence-electron chi connectivity index (χ1n) is 9.62. The molecule has 3 aromatic rings. The number of rotatable bonds is 10. The first-order valence-corrected chi connectivity index (χ1v) is 11.1. The van der Waals surface area contributed by atoms with Crippen LogP contribution in [0, 0.1) is 0 Å². The molecule has 0 radical (unpaired) electrons. The Morgan fingerprint density at radius 1 is 0.903 bits per heavy atom. The molecule has 31 heavy (non-hydrogen) atoms. The smallest absolute Gasteiger partial charge is 0.264 e. The topological polar surface area (TPSA) is 65.1 Å². The summed E-state index contributed by atoms with van der Waals surface area (Å²) in [7, 11) is -0.897. The Kier molecular flexibility index (Phi) is 7.20. The first kappa shape index (κ1) is 22.2. The van der Waals surface area contributed by atoms with Crippen molar-refractivity contribution in [1.82, 2.24) is 0 Å². The fraction of sp³-hybridized carbons (Fsp3) is 0.167. The fourth-order valence-corrected chi connectivity index (χ4v) is 4.46. The lowest BCUT2D eigenvalue weighted by atomic mass is 10.2. The largest absolute Gasteiger partial charge is 0.493 e. The first-order chi connectivity index (χ1) is 15.0. The zero-order valence-corrected chi connectivity index (χ0v) is 18.3. The van der Waals surface area contributed by atoms with Gasteiger partial charge >= 0.3 is 0 Å². The predicted octanol–water partition coefficient (Wildman–Crippen LogP) is 4.66. The number of sulfonamides is 1. The maximum atomic E-state index is 13.3. The molecule has 0 bridgehead atoms. The Balaban J connectivity index is 1.84. The molecule has 0 aliphatic rings. The van der Waals surface area contributed by atoms with E-state index in [9.17, 15) is 8.42 Å². The van der Waals surface area contributed by atoms with Gasteiger partial charge in [-0.1, -0.05) is 36.4 Å². The highest BCUT2D eigenvalue weighted by atomic mass is 32.2. The van der Waals surface area contributed by atoms with Gasteiger partial charge in [-0.05, 0) is 42.0 Å². The lowest BCUT2D eigenvalue weighted by Crippen LogP contribution is -2.31. The van der Waals surface area contributed by atoms with E-state index in [1.807, 2.05) is 30.3 Å². The van der Waals surface area contributed by atoms with E-state index in [0.717, 1.165) is 5.56 Å². The Labute approximate surface area is 183 Å². The molecule has 7 heteroatoms. The van der Waals surface area contributed by atoms with Crippen LogP contribution in [0.2, 0.25) is 0 Å². The van der Waals surface area contributed by atoms with E-state index in [4.69, 9.17) is 14.2 Å². The van der Waals surface area contributed by atoms with Crippen molar-refractivity contribution in [2.24, 2.45) is 0 Å². The molecule has 0 spiro atoms. The van der Waals surface area contributed by atoms with E-state index in [2.05, 4.69) is 6.58 Å². The van der Waals surface area contributed by atoms with E-state index < -0.39 is 10.0 Å². The molecular formula is C24H25NO5S. The molecule has 0 saturated heterocycles. The van der Waals surface area contributed by atoms with Crippen molar-refractivity contribution in [3.8, 4) is 17.2 Å². The third kappa shape index (κ3) is 5.19. The van der Waals surface area contributed by atoms with E-state index in [0.29, 0.717) is 29.5 Å². The molecule has 0 atom stereocenters. The van der Waals surface area contributed by atoms with Crippen LogP contribution in [0.4, 0.5) is 5.69 Å². The Morgan fingerprint density at radius 2 is 1.58 bits per heavy atom. The Hall–Kier alpha value is -3.45. The van der Waals surface area contributed by atoms with Crippen LogP contribution >= 0.6 is 0 Å². The molecule has 6 nitrogen and oxygen atoms in total. The highest BCUT2D eigenvalue weighted by Gasteiger charge is 2.25. The van der Waals surface area contributed by atoms with Gasteiger partial charge in [0.1, 0.15) is 12.4 Å². The van der Waals surface area contributed by atoms with Crippen LogP contribution in [0.3, 0.4) is 0 Å². The molecule has 0 aliphatic carbocycles. The van der Waals surface area contributed by atoms with E-state index in [1.165, 1.54) is 36.7 Å². The highest BCUT2D eigenvalue weighted by molar-refractivity contribution is 7.92. The molecule has 162 valence electrons. The van der Waals surface area contributed by atoms with Crippen LogP contribution < -0.4 is 18.5 Å². The summed E-state index contributed by atoms with van der Waals surface area (Å²) >= 11 is 0. The summed E-state index contributed by atoms with van der Waals surface area (Å²) < 4.78 is 44.2. The normalized spacial score (nSPS) is 10.9. The van der Waals surface area contributed by atoms with Crippen molar-refractivity contribution < 1.29 is 22.6 Å². The number of ether oxygens (including phenoxy) is 3. The van der Waals surface area contributed by atoms with Crippen molar-refractivity contribution in [2.75, 3.05) is 25.1 Å². The van der Waals surface area contributed by atoms with Gasteiger partial charge in [-0.15, -0.1) is 6.58 Å². The van der Waals surface area contributed by atoms with Crippen molar-refractivity contribution in [3.63, 3.8) is 0 Å². The van der Waals surface area contributed by atoms with Gasteiger partial charge in [0.2, 0.25) is 0 Å². The molecule has 0 saturated carbocycles. The molecule has 0 amide bonds. The van der Waals surface area contributed by atoms with Crippen molar-refractivity contribution >= 4 is 15.7 Å². The summed E-state index contributed by atoms with van der Waals surface area (Å²) in [4.78, 5) is 0.0939. The van der Waals surface area contributed by atoms with Gasteiger partial charge in [0, 0.05) is 6.07 Å². The van der Waals surface area contributed by atoms with E-state index >= 15 is 0 Å². The minimum Gasteiger partial charge on any atom is -0.493 e. The summed E-state index contributed by atoms with van der Waals surface area (Å²) in [5.41, 5.74) is 1.55. The second-order valence-electron chi connectivity index (χ2n) is 6.61. The lowest BCUT2D eigenvalue weighted by molar-refractivity contribution is 0.306. The van der Waals surface area contributed by atoms with Gasteiger partial charge in [-0.2, -0.15) is 0 Å². The van der Waals surface area contributed by atoms with Gasteiger partial charge < -0.3 is 14.2 Å². The van der Waals surface area contributed by atoms with E-state index in [-0.39, 0.29) is 11.4 Å². The molecule has 0 heterocycles. The summed E-state index contributed by atoms with van der Waals surface area (Å²) in [6, 6.07) is 21.2. The summed E-state index contributed by atoms with van der Waals surface area (Å²) in [5.74, 6) is 1.44. The van der Waals surface area contributed by atoms with Crippen molar-refractivity contribution in [3.05, 3.63) is 91.0 Å². The van der Waals surface area contributed by atoms with Gasteiger partial charge in [0.05, 0.1) is 31.3 Å². The zero-order chi connectivity index (χ0) is 22.3. The number of methoxy groups -OCH3 is 2. The average molecular weight is 440 g/mol. The molecule has 3 rings (SSSR count). The summed E-state index contributed by atoms with van der Waals surface area (Å²) in [6.45, 7) is 4.24. The number of benzene rings is 3. The lowest BCUT2D eigenvalue weighted by Gasteiger charge is -2.24. The SMILES string of the molecule is C=CCN(c1ccc(OCc2ccccc2)cc1)S(=O)(=O)c1ccc(OC)c(OC)c1. The zero-order valence-electron chi connectivity index (χ0n) is 17.5. The van der Waals surface area contributed by atoms with Crippen LogP contribution in [-0.4, -0.2) is 29.2 Å².